The van der Waals surface area contributed by atoms with Crippen molar-refractivity contribution in [3.8, 4) is 22.8 Å². The van der Waals surface area contributed by atoms with Gasteiger partial charge in [0.2, 0.25) is 0 Å². The van der Waals surface area contributed by atoms with Crippen molar-refractivity contribution < 1.29 is 35.5 Å². The van der Waals surface area contributed by atoms with Gasteiger partial charge in [0, 0.05) is 40.4 Å². The number of anilines is 1. The molecule has 212 valence electrons. The summed E-state index contributed by atoms with van der Waals surface area (Å²) in [7, 11) is -1.21. The molecule has 0 aliphatic heterocycles. The van der Waals surface area contributed by atoms with E-state index >= 15 is 0 Å². The summed E-state index contributed by atoms with van der Waals surface area (Å²) in [6.07, 6.45) is -1.87. The van der Waals surface area contributed by atoms with Gasteiger partial charge in [-0.1, -0.05) is 6.07 Å². The molecule has 0 radical (unpaired) electrons. The second-order valence-electron chi connectivity index (χ2n) is 8.74. The zero-order valence-electron chi connectivity index (χ0n) is 21.5. The van der Waals surface area contributed by atoms with Crippen LogP contribution in [0.2, 0.25) is 0 Å². The van der Waals surface area contributed by atoms with E-state index in [9.17, 15) is 26.0 Å². The first-order valence-electron chi connectivity index (χ1n) is 11.9. The maximum atomic E-state index is 14.8. The molecule has 0 aliphatic carbocycles. The van der Waals surface area contributed by atoms with Gasteiger partial charge in [0.25, 0.3) is 10.0 Å². The summed E-state index contributed by atoms with van der Waals surface area (Å²) < 4.78 is 93.7. The third-order valence-corrected chi connectivity index (χ3v) is 8.96. The summed E-state index contributed by atoms with van der Waals surface area (Å²) in [5, 5.41) is 2.64. The molecule has 0 N–H and O–H groups in total. The van der Waals surface area contributed by atoms with Gasteiger partial charge in [-0.3, -0.25) is 4.98 Å². The van der Waals surface area contributed by atoms with Gasteiger partial charge in [0.05, 0.1) is 36.9 Å². The number of benzene rings is 3. The Labute approximate surface area is 236 Å². The molecule has 5 rings (SSSR count). The number of fused-ring (bicyclic) bond motifs is 1. The van der Waals surface area contributed by atoms with Crippen molar-refractivity contribution >= 4 is 37.3 Å². The molecule has 0 spiro atoms. The van der Waals surface area contributed by atoms with E-state index in [1.807, 2.05) is 0 Å². The quantitative estimate of drug-likeness (QED) is 0.179. The molecule has 0 amide bonds. The normalized spacial score (nSPS) is 12.0. The molecular formula is C28H21F4N3O4S2. The predicted octanol–water partition coefficient (Wildman–Crippen LogP) is 6.93. The Balaban J connectivity index is 1.57. The van der Waals surface area contributed by atoms with E-state index in [1.54, 1.807) is 29.6 Å². The Morgan fingerprint density at radius 1 is 0.927 bits per heavy atom. The van der Waals surface area contributed by atoms with Crippen LogP contribution in [0, 0.1) is 5.82 Å². The SMILES string of the molecule is COc1ccc(CN(c2nccs2)S(=O)(=O)c2ccc3c(-c4ccc(C(F)(F)F)cc4F)nccc3c2)c(OC)c1. The number of hydrogen-bond acceptors (Lipinski definition) is 7. The average Bonchev–Trinajstić information content (AvgIpc) is 3.49. The molecule has 2 heterocycles. The Morgan fingerprint density at radius 2 is 1.73 bits per heavy atom. The van der Waals surface area contributed by atoms with Crippen molar-refractivity contribution in [2.45, 2.75) is 17.6 Å². The molecule has 0 saturated heterocycles. The fourth-order valence-corrected chi connectivity index (χ4v) is 6.58. The van der Waals surface area contributed by atoms with Crippen LogP contribution in [0.3, 0.4) is 0 Å². The lowest BCUT2D eigenvalue weighted by atomic mass is 10.0. The molecule has 2 aromatic heterocycles. The summed E-state index contributed by atoms with van der Waals surface area (Å²) in [5.74, 6) is -0.133. The second kappa shape index (κ2) is 11.0. The molecule has 0 unspecified atom stereocenters. The van der Waals surface area contributed by atoms with E-state index in [1.165, 1.54) is 44.8 Å². The smallest absolute Gasteiger partial charge is 0.416 e. The number of hydrogen-bond donors (Lipinski definition) is 0. The highest BCUT2D eigenvalue weighted by Crippen LogP contribution is 2.36. The van der Waals surface area contributed by atoms with Crippen LogP contribution in [0.25, 0.3) is 22.0 Å². The van der Waals surface area contributed by atoms with Crippen LogP contribution in [0.5, 0.6) is 11.5 Å². The van der Waals surface area contributed by atoms with Crippen LogP contribution in [-0.2, 0) is 22.7 Å². The zero-order valence-corrected chi connectivity index (χ0v) is 23.1. The number of rotatable bonds is 8. The number of aromatic nitrogens is 2. The van der Waals surface area contributed by atoms with Crippen LogP contribution < -0.4 is 13.8 Å². The van der Waals surface area contributed by atoms with E-state index in [4.69, 9.17) is 9.47 Å². The summed E-state index contributed by atoms with van der Waals surface area (Å²) in [6.45, 7) is -0.0978. The summed E-state index contributed by atoms with van der Waals surface area (Å²) in [6, 6.07) is 13.0. The first-order valence-corrected chi connectivity index (χ1v) is 14.2. The molecule has 41 heavy (non-hydrogen) atoms. The maximum absolute atomic E-state index is 14.8. The number of alkyl halides is 3. The third-order valence-electron chi connectivity index (χ3n) is 6.32. The van der Waals surface area contributed by atoms with Gasteiger partial charge in [-0.05, 0) is 53.9 Å². The van der Waals surface area contributed by atoms with Crippen molar-refractivity contribution in [1.29, 1.82) is 0 Å². The molecule has 7 nitrogen and oxygen atoms in total. The second-order valence-corrected chi connectivity index (χ2v) is 11.5. The van der Waals surface area contributed by atoms with Crippen LogP contribution in [0.4, 0.5) is 22.7 Å². The van der Waals surface area contributed by atoms with Gasteiger partial charge >= 0.3 is 6.18 Å². The Kier molecular flexibility index (Phi) is 7.58. The molecule has 3 aromatic carbocycles. The average molecular weight is 604 g/mol. The van der Waals surface area contributed by atoms with Crippen molar-refractivity contribution in [2.75, 3.05) is 18.5 Å². The van der Waals surface area contributed by atoms with Crippen LogP contribution in [0.1, 0.15) is 11.1 Å². The van der Waals surface area contributed by atoms with E-state index in [0.29, 0.717) is 33.9 Å². The molecule has 0 aliphatic rings. The number of sulfonamides is 1. The molecule has 0 bridgehead atoms. The summed E-state index contributed by atoms with van der Waals surface area (Å²) >= 11 is 1.14. The summed E-state index contributed by atoms with van der Waals surface area (Å²) in [4.78, 5) is 8.31. The Hall–Kier alpha value is -4.23. The number of thiazole rings is 1. The largest absolute Gasteiger partial charge is 0.497 e. The van der Waals surface area contributed by atoms with E-state index < -0.39 is 27.6 Å². The topological polar surface area (TPSA) is 81.6 Å². The van der Waals surface area contributed by atoms with Crippen molar-refractivity contribution in [3.63, 3.8) is 0 Å². The minimum Gasteiger partial charge on any atom is -0.497 e. The number of halogens is 4. The van der Waals surface area contributed by atoms with E-state index in [0.717, 1.165) is 27.8 Å². The standard InChI is InChI=1S/C28H21F4N3O4S2/c1-38-20-5-3-18(25(15-20)39-2)16-35(27-34-11-12-40-27)41(36,37)21-6-8-22-17(13-21)9-10-33-26(22)23-7-4-19(14-24(23)29)28(30,31)32/h3-15H,16H2,1-2H3. The Morgan fingerprint density at radius 3 is 2.39 bits per heavy atom. The first-order chi connectivity index (χ1) is 19.5. The number of ether oxygens (including phenoxy) is 2. The van der Waals surface area contributed by atoms with Gasteiger partial charge in [-0.2, -0.15) is 13.2 Å². The molecule has 5 aromatic rings. The number of nitrogens with zero attached hydrogens (tertiary/aromatic N) is 3. The van der Waals surface area contributed by atoms with Gasteiger partial charge in [-0.15, -0.1) is 11.3 Å². The van der Waals surface area contributed by atoms with Gasteiger partial charge in [0.1, 0.15) is 17.3 Å². The molecule has 0 saturated carbocycles. The summed E-state index contributed by atoms with van der Waals surface area (Å²) in [5.41, 5.74) is -0.618. The Bertz CT molecular complexity index is 1830. The number of pyridine rings is 1. The molecular weight excluding hydrogens is 582 g/mol. The number of methoxy groups -OCH3 is 2. The minimum atomic E-state index is -4.70. The zero-order chi connectivity index (χ0) is 29.4. The van der Waals surface area contributed by atoms with Crippen LogP contribution >= 0.6 is 11.3 Å². The van der Waals surface area contributed by atoms with E-state index in [-0.39, 0.29) is 27.8 Å². The van der Waals surface area contributed by atoms with Crippen molar-refractivity contribution in [1.82, 2.24) is 9.97 Å². The fraction of sp³-hybridized carbons (Fsp3) is 0.143. The lowest BCUT2D eigenvalue weighted by Crippen LogP contribution is -2.30. The highest BCUT2D eigenvalue weighted by Gasteiger charge is 2.32. The van der Waals surface area contributed by atoms with Crippen molar-refractivity contribution in [2.24, 2.45) is 0 Å². The maximum Gasteiger partial charge on any atom is 0.416 e. The fourth-order valence-electron chi connectivity index (χ4n) is 4.27. The minimum absolute atomic E-state index is 0.0716. The first kappa shape index (κ1) is 28.3. The monoisotopic (exact) mass is 603 g/mol. The van der Waals surface area contributed by atoms with Crippen LogP contribution in [0.15, 0.2) is 83.3 Å². The van der Waals surface area contributed by atoms with Crippen LogP contribution in [-0.4, -0.2) is 32.6 Å². The van der Waals surface area contributed by atoms with Crippen molar-refractivity contribution in [3.05, 3.63) is 95.4 Å². The molecule has 0 fully saturated rings. The van der Waals surface area contributed by atoms with Gasteiger partial charge in [-0.25, -0.2) is 22.1 Å². The predicted molar refractivity (Wildman–Crippen MR) is 147 cm³/mol. The van der Waals surface area contributed by atoms with E-state index in [2.05, 4.69) is 9.97 Å². The van der Waals surface area contributed by atoms with Gasteiger partial charge in [0.15, 0.2) is 5.13 Å². The lowest BCUT2D eigenvalue weighted by molar-refractivity contribution is -0.137. The highest BCUT2D eigenvalue weighted by atomic mass is 32.2. The molecule has 13 heteroatoms. The van der Waals surface area contributed by atoms with Gasteiger partial charge < -0.3 is 9.47 Å². The lowest BCUT2D eigenvalue weighted by Gasteiger charge is -2.23. The highest BCUT2D eigenvalue weighted by molar-refractivity contribution is 7.93. The molecule has 0 atom stereocenters. The third kappa shape index (κ3) is 5.55.